The van der Waals surface area contributed by atoms with Crippen molar-refractivity contribution >= 4 is 5.97 Å². The van der Waals surface area contributed by atoms with Crippen molar-refractivity contribution in [3.05, 3.63) is 0 Å². The molecule has 2 aliphatic rings. The Labute approximate surface area is 115 Å². The van der Waals surface area contributed by atoms with Crippen LogP contribution in [0.4, 0.5) is 26.3 Å². The summed E-state index contributed by atoms with van der Waals surface area (Å²) in [5, 5.41) is 7.12. The molecule has 0 amide bonds. The van der Waals surface area contributed by atoms with E-state index in [0.29, 0.717) is 17.7 Å². The van der Waals surface area contributed by atoms with E-state index in [1.807, 2.05) is 0 Å². The summed E-state index contributed by atoms with van der Waals surface area (Å²) in [5.74, 6) is -2.76. The maximum atomic E-state index is 12.6. The number of aliphatic carboxylic acids is 1. The maximum Gasteiger partial charge on any atom is 0.490 e. The van der Waals surface area contributed by atoms with Gasteiger partial charge >= 0.3 is 18.4 Å². The lowest BCUT2D eigenvalue weighted by molar-refractivity contribution is -0.301. The number of hydrogen-bond donors (Lipinski definition) is 2. The SMILES string of the molecule is N[C@H]1C[C@H]2COC[C@@H](C1)N2C(F)(F)F.O=C(O)C(F)(F)F. The quantitative estimate of drug-likeness (QED) is 0.519. The molecular weight excluding hydrogens is 310 g/mol. The molecule has 11 heteroatoms. The second-order valence-electron chi connectivity index (χ2n) is 4.75. The van der Waals surface area contributed by atoms with Gasteiger partial charge in [0.25, 0.3) is 0 Å². The molecule has 3 atom stereocenters. The lowest BCUT2D eigenvalue weighted by Gasteiger charge is -2.47. The van der Waals surface area contributed by atoms with Crippen LogP contribution in [0.5, 0.6) is 0 Å². The number of nitrogens with two attached hydrogens (primary N) is 1. The van der Waals surface area contributed by atoms with Crippen LogP contribution in [0.1, 0.15) is 12.8 Å². The normalized spacial score (nSPS) is 30.3. The fourth-order valence-electron chi connectivity index (χ4n) is 2.37. The number of rotatable bonds is 0. The summed E-state index contributed by atoms with van der Waals surface area (Å²) in [4.78, 5) is 9.51. The summed E-state index contributed by atoms with van der Waals surface area (Å²) in [6.07, 6.45) is -8.59. The average Bonchev–Trinajstić information content (AvgIpc) is 2.25. The fourth-order valence-corrected chi connectivity index (χ4v) is 2.37. The molecule has 2 rings (SSSR count). The van der Waals surface area contributed by atoms with Crippen molar-refractivity contribution in [2.24, 2.45) is 5.73 Å². The molecule has 0 unspecified atom stereocenters. The summed E-state index contributed by atoms with van der Waals surface area (Å²) < 4.78 is 74.7. The highest BCUT2D eigenvalue weighted by molar-refractivity contribution is 5.73. The van der Waals surface area contributed by atoms with E-state index in [0.717, 1.165) is 0 Å². The molecule has 2 fully saturated rings. The Kier molecular flexibility index (Phi) is 5.45. The minimum atomic E-state index is -5.08. The summed E-state index contributed by atoms with van der Waals surface area (Å²) in [6, 6.07) is -1.29. The van der Waals surface area contributed by atoms with Crippen LogP contribution in [-0.2, 0) is 9.53 Å². The molecule has 0 saturated carbocycles. The molecule has 0 radical (unpaired) electrons. The number of carbonyl (C=O) groups is 1. The number of alkyl halides is 6. The van der Waals surface area contributed by atoms with Crippen LogP contribution in [0.2, 0.25) is 0 Å². The summed E-state index contributed by atoms with van der Waals surface area (Å²) in [5.41, 5.74) is 5.68. The first-order chi connectivity index (χ1) is 9.43. The summed E-state index contributed by atoms with van der Waals surface area (Å²) in [7, 11) is 0. The van der Waals surface area contributed by atoms with Gasteiger partial charge in [-0.15, -0.1) is 0 Å². The van der Waals surface area contributed by atoms with E-state index < -0.39 is 30.5 Å². The Bertz CT molecular complexity index is 359. The Hall–Kier alpha value is -1.07. The topological polar surface area (TPSA) is 75.8 Å². The van der Waals surface area contributed by atoms with Gasteiger partial charge < -0.3 is 15.6 Å². The number of carboxylic acid groups (broad SMARTS) is 1. The van der Waals surface area contributed by atoms with Crippen LogP contribution in [0.25, 0.3) is 0 Å². The first-order valence-electron chi connectivity index (χ1n) is 5.91. The number of morpholine rings is 1. The van der Waals surface area contributed by atoms with E-state index >= 15 is 0 Å². The van der Waals surface area contributed by atoms with Crippen molar-refractivity contribution in [3.63, 3.8) is 0 Å². The largest absolute Gasteiger partial charge is 0.490 e. The highest BCUT2D eigenvalue weighted by Gasteiger charge is 2.51. The zero-order valence-corrected chi connectivity index (χ0v) is 10.6. The minimum absolute atomic E-state index is 0.118. The number of piperidine rings is 1. The van der Waals surface area contributed by atoms with E-state index in [1.54, 1.807) is 0 Å². The molecule has 3 N–H and O–H groups in total. The van der Waals surface area contributed by atoms with Gasteiger partial charge in [-0.1, -0.05) is 0 Å². The third kappa shape index (κ3) is 5.00. The molecule has 21 heavy (non-hydrogen) atoms. The van der Waals surface area contributed by atoms with Gasteiger partial charge in [-0.3, -0.25) is 0 Å². The lowest BCUT2D eigenvalue weighted by atomic mass is 9.91. The van der Waals surface area contributed by atoms with Crippen molar-refractivity contribution in [2.45, 2.75) is 43.4 Å². The van der Waals surface area contributed by atoms with E-state index in [2.05, 4.69) is 0 Å². The van der Waals surface area contributed by atoms with E-state index in [1.165, 1.54) is 0 Å². The van der Waals surface area contributed by atoms with Gasteiger partial charge in [-0.05, 0) is 12.8 Å². The van der Waals surface area contributed by atoms with Gasteiger partial charge in [-0.2, -0.15) is 26.3 Å². The minimum Gasteiger partial charge on any atom is -0.475 e. The van der Waals surface area contributed by atoms with Crippen LogP contribution >= 0.6 is 0 Å². The zero-order valence-electron chi connectivity index (χ0n) is 10.6. The molecule has 2 bridgehead atoms. The summed E-state index contributed by atoms with van der Waals surface area (Å²) in [6.45, 7) is 0.285. The first kappa shape index (κ1) is 18.0. The molecule has 0 spiro atoms. The highest BCUT2D eigenvalue weighted by Crippen LogP contribution is 2.35. The Morgan fingerprint density at radius 2 is 1.48 bits per heavy atom. The highest BCUT2D eigenvalue weighted by atomic mass is 19.4. The number of fused-ring (bicyclic) bond motifs is 2. The standard InChI is InChI=1S/C8H13F3N2O.C2HF3O2/c9-8(10,11)13-6-1-5(12)2-7(13)4-14-3-6;3-2(4,5)1(6)7/h5-7H,1-4,12H2;(H,6,7)/t5-,6-,7+;. The summed E-state index contributed by atoms with van der Waals surface area (Å²) >= 11 is 0. The van der Waals surface area contributed by atoms with E-state index in [4.69, 9.17) is 20.4 Å². The Balaban J connectivity index is 0.000000270. The maximum absolute atomic E-state index is 12.6. The number of hydrogen-bond acceptors (Lipinski definition) is 4. The number of carboxylic acids is 1. The molecule has 5 nitrogen and oxygen atoms in total. The predicted molar refractivity (Wildman–Crippen MR) is 57.2 cm³/mol. The van der Waals surface area contributed by atoms with Gasteiger partial charge in [-0.25, -0.2) is 9.69 Å². The predicted octanol–water partition coefficient (Wildman–Crippen LogP) is 1.33. The van der Waals surface area contributed by atoms with Crippen molar-refractivity contribution < 1.29 is 41.0 Å². The third-order valence-electron chi connectivity index (χ3n) is 3.09. The molecule has 0 aromatic heterocycles. The second kappa shape index (κ2) is 6.36. The van der Waals surface area contributed by atoms with Crippen molar-refractivity contribution in [1.82, 2.24) is 4.90 Å². The molecule has 124 valence electrons. The first-order valence-corrected chi connectivity index (χ1v) is 5.91. The van der Waals surface area contributed by atoms with Gasteiger partial charge in [0.1, 0.15) is 0 Å². The smallest absolute Gasteiger partial charge is 0.475 e. The van der Waals surface area contributed by atoms with Crippen molar-refractivity contribution in [2.75, 3.05) is 13.2 Å². The molecule has 2 saturated heterocycles. The number of halogens is 6. The Morgan fingerprint density at radius 1 is 1.10 bits per heavy atom. The van der Waals surface area contributed by atoms with E-state index in [-0.39, 0.29) is 19.3 Å². The van der Waals surface area contributed by atoms with Gasteiger partial charge in [0.15, 0.2) is 0 Å². The van der Waals surface area contributed by atoms with Gasteiger partial charge in [0.05, 0.1) is 13.2 Å². The van der Waals surface area contributed by atoms with Crippen LogP contribution < -0.4 is 5.73 Å². The lowest BCUT2D eigenvalue weighted by Crippen LogP contribution is -2.63. The Morgan fingerprint density at radius 3 is 1.76 bits per heavy atom. The molecular formula is C10H14F6N2O3. The van der Waals surface area contributed by atoms with E-state index in [9.17, 15) is 26.3 Å². The monoisotopic (exact) mass is 324 g/mol. The number of nitrogens with zero attached hydrogens (tertiary/aromatic N) is 1. The molecule has 2 aliphatic heterocycles. The van der Waals surface area contributed by atoms with Crippen LogP contribution in [0, 0.1) is 0 Å². The van der Waals surface area contributed by atoms with Crippen LogP contribution in [-0.4, -0.2) is 59.8 Å². The van der Waals surface area contributed by atoms with Crippen molar-refractivity contribution in [1.29, 1.82) is 0 Å². The average molecular weight is 324 g/mol. The van der Waals surface area contributed by atoms with Crippen LogP contribution in [0.15, 0.2) is 0 Å². The number of ether oxygens (including phenoxy) is 1. The van der Waals surface area contributed by atoms with Gasteiger partial charge in [0, 0.05) is 18.1 Å². The molecule has 0 aromatic rings. The van der Waals surface area contributed by atoms with Crippen molar-refractivity contribution in [3.8, 4) is 0 Å². The van der Waals surface area contributed by atoms with Gasteiger partial charge in [0.2, 0.25) is 0 Å². The zero-order chi connectivity index (χ0) is 16.4. The second-order valence-corrected chi connectivity index (χ2v) is 4.75. The molecule has 0 aliphatic carbocycles. The van der Waals surface area contributed by atoms with Crippen LogP contribution in [0.3, 0.4) is 0 Å². The fraction of sp³-hybridized carbons (Fsp3) is 0.900. The molecule has 2 heterocycles. The third-order valence-corrected chi connectivity index (χ3v) is 3.09. The molecule has 0 aromatic carbocycles.